The fourth-order valence-electron chi connectivity index (χ4n) is 0.388. The smallest absolute Gasteiger partial charge is 0.450 e. The second-order valence-corrected chi connectivity index (χ2v) is 3.33. The Morgan fingerprint density at radius 3 is 2.20 bits per heavy atom. The van der Waals surface area contributed by atoms with Gasteiger partial charge in [0.25, 0.3) is 0 Å². The molecule has 0 aliphatic rings. The first kappa shape index (κ1) is 16.4. The van der Waals surface area contributed by atoms with E-state index in [4.69, 9.17) is 24.8 Å². The maximum atomic E-state index is 8.56. The molecule has 2 N–H and O–H groups in total. The van der Waals surface area contributed by atoms with Crippen LogP contribution < -0.4 is 0 Å². The van der Waals surface area contributed by atoms with Gasteiger partial charge in [0.2, 0.25) is 0 Å². The van der Waals surface area contributed by atoms with E-state index in [9.17, 15) is 0 Å². The SMILES string of the molecule is CC=CCOOC(C)(C)CC.O=C(O)O. The highest BCUT2D eigenvalue weighted by Gasteiger charge is 2.15. The van der Waals surface area contributed by atoms with Crippen LogP contribution in [-0.2, 0) is 9.78 Å². The molecule has 15 heavy (non-hydrogen) atoms. The second kappa shape index (κ2) is 9.48. The van der Waals surface area contributed by atoms with E-state index in [1.807, 2.05) is 32.9 Å². The molecule has 5 nitrogen and oxygen atoms in total. The Labute approximate surface area is 90.2 Å². The van der Waals surface area contributed by atoms with Crippen molar-refractivity contribution < 1.29 is 24.8 Å². The third kappa shape index (κ3) is 19.4. The van der Waals surface area contributed by atoms with Gasteiger partial charge < -0.3 is 10.2 Å². The summed E-state index contributed by atoms with van der Waals surface area (Å²) in [5.74, 6) is 0. The second-order valence-electron chi connectivity index (χ2n) is 3.33. The molecule has 0 aromatic rings. The van der Waals surface area contributed by atoms with Crippen LogP contribution in [0.2, 0.25) is 0 Å². The highest BCUT2D eigenvalue weighted by molar-refractivity contribution is 5.53. The molecule has 90 valence electrons. The van der Waals surface area contributed by atoms with Crippen LogP contribution in [0.4, 0.5) is 4.79 Å². The molecular formula is C10H20O5. The van der Waals surface area contributed by atoms with Crippen LogP contribution in [-0.4, -0.2) is 28.6 Å². The minimum atomic E-state index is -1.83. The predicted molar refractivity (Wildman–Crippen MR) is 56.9 cm³/mol. The standard InChI is InChI=1S/C9H18O2.CH2O3/c1-5-7-8-10-11-9(3,4)6-2;2-1(3)4/h5,7H,6,8H2,1-4H3;(H2,2,3,4). The fourth-order valence-corrected chi connectivity index (χ4v) is 0.388. The first-order valence-corrected chi connectivity index (χ1v) is 4.69. The summed E-state index contributed by atoms with van der Waals surface area (Å²) in [6.07, 6.45) is 2.96. The summed E-state index contributed by atoms with van der Waals surface area (Å²) >= 11 is 0. The van der Waals surface area contributed by atoms with Crippen molar-refractivity contribution in [3.8, 4) is 0 Å². The van der Waals surface area contributed by atoms with Gasteiger partial charge in [0, 0.05) is 0 Å². The van der Waals surface area contributed by atoms with E-state index >= 15 is 0 Å². The lowest BCUT2D eigenvalue weighted by atomic mass is 10.1. The topological polar surface area (TPSA) is 76.0 Å². The third-order valence-electron chi connectivity index (χ3n) is 1.54. The number of carbonyl (C=O) groups is 1. The largest absolute Gasteiger partial charge is 0.503 e. The lowest BCUT2D eigenvalue weighted by molar-refractivity contribution is -0.347. The van der Waals surface area contributed by atoms with Gasteiger partial charge >= 0.3 is 6.16 Å². The quantitative estimate of drug-likeness (QED) is 0.322. The molecule has 5 heteroatoms. The summed E-state index contributed by atoms with van der Waals surface area (Å²) in [5.41, 5.74) is -0.165. The van der Waals surface area contributed by atoms with Gasteiger partial charge in [0.05, 0.1) is 5.60 Å². The van der Waals surface area contributed by atoms with Crippen molar-refractivity contribution in [3.63, 3.8) is 0 Å². The molecule has 0 aliphatic heterocycles. The van der Waals surface area contributed by atoms with Gasteiger partial charge in [-0.2, -0.15) is 0 Å². The minimum Gasteiger partial charge on any atom is -0.450 e. The van der Waals surface area contributed by atoms with E-state index in [0.717, 1.165) is 6.42 Å². The van der Waals surface area contributed by atoms with Gasteiger partial charge in [-0.1, -0.05) is 19.1 Å². The molecular weight excluding hydrogens is 200 g/mol. The van der Waals surface area contributed by atoms with Crippen molar-refractivity contribution >= 4 is 6.16 Å². The lowest BCUT2D eigenvalue weighted by Gasteiger charge is -2.20. The summed E-state index contributed by atoms with van der Waals surface area (Å²) in [7, 11) is 0. The van der Waals surface area contributed by atoms with Gasteiger partial charge in [0.15, 0.2) is 0 Å². The monoisotopic (exact) mass is 220 g/mol. The zero-order chi connectivity index (χ0) is 12.3. The Kier molecular flexibility index (Phi) is 10.3. The molecule has 0 fully saturated rings. The van der Waals surface area contributed by atoms with Crippen LogP contribution in [0.5, 0.6) is 0 Å². The summed E-state index contributed by atoms with van der Waals surface area (Å²) in [5, 5.41) is 13.9. The van der Waals surface area contributed by atoms with Gasteiger partial charge in [0.1, 0.15) is 6.61 Å². The molecule has 0 spiro atoms. The van der Waals surface area contributed by atoms with Crippen molar-refractivity contribution in [2.24, 2.45) is 0 Å². The Morgan fingerprint density at radius 2 is 1.87 bits per heavy atom. The van der Waals surface area contributed by atoms with Crippen LogP contribution in [0.25, 0.3) is 0 Å². The van der Waals surface area contributed by atoms with E-state index in [2.05, 4.69) is 6.92 Å². The normalized spacial score (nSPS) is 10.9. The molecule has 0 saturated heterocycles. The van der Waals surface area contributed by atoms with Crippen LogP contribution in [0.15, 0.2) is 12.2 Å². The Hall–Kier alpha value is -1.07. The van der Waals surface area contributed by atoms with Crippen LogP contribution in [0, 0.1) is 0 Å². The van der Waals surface area contributed by atoms with Crippen LogP contribution in [0.1, 0.15) is 34.1 Å². The van der Waals surface area contributed by atoms with Crippen molar-refractivity contribution in [3.05, 3.63) is 12.2 Å². The molecule has 0 radical (unpaired) electrons. The van der Waals surface area contributed by atoms with E-state index in [-0.39, 0.29) is 5.60 Å². The fraction of sp³-hybridized carbons (Fsp3) is 0.700. The molecule has 0 amide bonds. The number of carboxylic acid groups (broad SMARTS) is 2. The number of allylic oxidation sites excluding steroid dienone is 1. The molecule has 0 aliphatic carbocycles. The molecule has 0 aromatic carbocycles. The summed E-state index contributed by atoms with van der Waals surface area (Å²) in [4.78, 5) is 18.6. The lowest BCUT2D eigenvalue weighted by Crippen LogP contribution is -2.23. The maximum absolute atomic E-state index is 8.56. The molecule has 0 unspecified atom stereocenters. The van der Waals surface area contributed by atoms with Crippen LogP contribution in [0.3, 0.4) is 0 Å². The molecule has 0 rings (SSSR count). The van der Waals surface area contributed by atoms with Crippen molar-refractivity contribution in [2.45, 2.75) is 39.7 Å². The highest BCUT2D eigenvalue weighted by atomic mass is 17.2. The van der Waals surface area contributed by atoms with Gasteiger partial charge in [-0.05, 0) is 27.2 Å². The Bertz CT molecular complexity index is 182. The van der Waals surface area contributed by atoms with Gasteiger partial charge in [-0.25, -0.2) is 14.6 Å². The summed E-state index contributed by atoms with van der Waals surface area (Å²) in [6.45, 7) is 8.55. The molecule has 0 aromatic heterocycles. The highest BCUT2D eigenvalue weighted by Crippen LogP contribution is 2.13. The first-order chi connectivity index (χ1) is 6.85. The van der Waals surface area contributed by atoms with Crippen LogP contribution >= 0.6 is 0 Å². The molecule has 0 bridgehead atoms. The van der Waals surface area contributed by atoms with E-state index < -0.39 is 6.16 Å². The van der Waals surface area contributed by atoms with Crippen molar-refractivity contribution in [1.29, 1.82) is 0 Å². The average Bonchev–Trinajstić information content (AvgIpc) is 2.12. The van der Waals surface area contributed by atoms with Crippen molar-refractivity contribution in [2.75, 3.05) is 6.61 Å². The molecule has 0 heterocycles. The van der Waals surface area contributed by atoms with Crippen molar-refractivity contribution in [1.82, 2.24) is 0 Å². The maximum Gasteiger partial charge on any atom is 0.503 e. The van der Waals surface area contributed by atoms with E-state index in [1.165, 1.54) is 0 Å². The molecule has 0 saturated carbocycles. The Morgan fingerprint density at radius 1 is 1.40 bits per heavy atom. The molecule has 0 atom stereocenters. The number of hydrogen-bond acceptors (Lipinski definition) is 3. The zero-order valence-electron chi connectivity index (χ0n) is 9.69. The van der Waals surface area contributed by atoms with Gasteiger partial charge in [-0.3, -0.25) is 0 Å². The predicted octanol–water partition coefficient (Wildman–Crippen LogP) is 2.92. The Balaban J connectivity index is 0. The summed E-state index contributed by atoms with van der Waals surface area (Å²) < 4.78 is 0. The third-order valence-corrected chi connectivity index (χ3v) is 1.54. The number of rotatable bonds is 5. The summed E-state index contributed by atoms with van der Waals surface area (Å²) in [6, 6.07) is 0. The number of hydrogen-bond donors (Lipinski definition) is 2. The van der Waals surface area contributed by atoms with E-state index in [1.54, 1.807) is 0 Å². The zero-order valence-corrected chi connectivity index (χ0v) is 9.69. The van der Waals surface area contributed by atoms with Gasteiger partial charge in [-0.15, -0.1) is 0 Å². The average molecular weight is 220 g/mol. The minimum absolute atomic E-state index is 0.165. The van der Waals surface area contributed by atoms with E-state index in [0.29, 0.717) is 6.61 Å². The first-order valence-electron chi connectivity index (χ1n) is 4.69.